The first-order valence-electron chi connectivity index (χ1n) is 10.4. The molecule has 1 N–H and O–H groups in total. The topological polar surface area (TPSA) is 49.4 Å². The maximum Gasteiger partial charge on any atom is 0.251 e. The van der Waals surface area contributed by atoms with Crippen molar-refractivity contribution in [3.05, 3.63) is 71.3 Å². The summed E-state index contributed by atoms with van der Waals surface area (Å²) in [6.07, 6.45) is 5.82. The van der Waals surface area contributed by atoms with Crippen molar-refractivity contribution in [1.82, 2.24) is 10.2 Å². The fraction of sp³-hybridized carbons (Fsp3) is 0.417. The Labute approximate surface area is 166 Å². The molecule has 2 aromatic carbocycles. The molecule has 1 heterocycles. The molecule has 0 radical (unpaired) electrons. The lowest BCUT2D eigenvalue weighted by molar-refractivity contribution is -0.131. The van der Waals surface area contributed by atoms with Crippen LogP contribution in [0.2, 0.25) is 0 Å². The summed E-state index contributed by atoms with van der Waals surface area (Å²) in [4.78, 5) is 26.6. The third-order valence-electron chi connectivity index (χ3n) is 5.82. The Bertz CT molecular complexity index is 804. The van der Waals surface area contributed by atoms with Gasteiger partial charge in [-0.25, -0.2) is 0 Å². The Morgan fingerprint density at radius 3 is 2.18 bits per heavy atom. The van der Waals surface area contributed by atoms with Gasteiger partial charge in [0.15, 0.2) is 0 Å². The van der Waals surface area contributed by atoms with Gasteiger partial charge < -0.3 is 10.2 Å². The van der Waals surface area contributed by atoms with Crippen LogP contribution >= 0.6 is 0 Å². The average Bonchev–Trinajstić information content (AvgIpc) is 3.54. The molecule has 28 heavy (non-hydrogen) atoms. The van der Waals surface area contributed by atoms with E-state index in [9.17, 15) is 9.59 Å². The van der Waals surface area contributed by atoms with E-state index in [4.69, 9.17) is 0 Å². The number of nitrogens with one attached hydrogen (secondary N) is 1. The lowest BCUT2D eigenvalue weighted by atomic mass is 9.89. The molecule has 4 heteroatoms. The minimum atomic E-state index is 0.0410. The highest BCUT2D eigenvalue weighted by Crippen LogP contribution is 2.23. The van der Waals surface area contributed by atoms with Gasteiger partial charge in [-0.1, -0.05) is 42.5 Å². The predicted molar refractivity (Wildman–Crippen MR) is 110 cm³/mol. The molecule has 2 fully saturated rings. The molecular weight excluding hydrogens is 348 g/mol. The van der Waals surface area contributed by atoms with E-state index in [1.807, 2.05) is 47.4 Å². The van der Waals surface area contributed by atoms with Gasteiger partial charge in [-0.2, -0.15) is 0 Å². The maximum absolute atomic E-state index is 12.5. The van der Waals surface area contributed by atoms with Gasteiger partial charge in [0.1, 0.15) is 0 Å². The molecule has 4 nitrogen and oxygen atoms in total. The van der Waals surface area contributed by atoms with Crippen LogP contribution in [0.5, 0.6) is 0 Å². The van der Waals surface area contributed by atoms with Crippen molar-refractivity contribution in [1.29, 1.82) is 0 Å². The number of rotatable bonds is 6. The first-order valence-corrected chi connectivity index (χ1v) is 10.4. The van der Waals surface area contributed by atoms with Crippen LogP contribution in [0.1, 0.15) is 47.2 Å². The van der Waals surface area contributed by atoms with Crippen LogP contribution in [-0.4, -0.2) is 35.8 Å². The number of amides is 2. The smallest absolute Gasteiger partial charge is 0.251 e. The van der Waals surface area contributed by atoms with Crippen molar-refractivity contribution < 1.29 is 9.59 Å². The zero-order valence-electron chi connectivity index (χ0n) is 16.3. The van der Waals surface area contributed by atoms with Gasteiger partial charge in [0.05, 0.1) is 6.42 Å². The number of hydrogen-bond donors (Lipinski definition) is 1. The molecule has 1 saturated heterocycles. The molecule has 0 atom stereocenters. The number of benzene rings is 2. The molecule has 1 aliphatic carbocycles. The molecule has 0 bridgehead atoms. The maximum atomic E-state index is 12.5. The van der Waals surface area contributed by atoms with E-state index in [2.05, 4.69) is 17.4 Å². The Hall–Kier alpha value is -2.62. The standard InChI is InChI=1S/C24H28N2O2/c27-23(17-18-4-2-1-3-5-18)26-14-12-20(13-15-26)16-19-6-8-21(9-7-19)24(28)25-22-10-11-22/h1-9,20,22H,10-17H2,(H,25,28). The quantitative estimate of drug-likeness (QED) is 0.837. The molecule has 0 spiro atoms. The lowest BCUT2D eigenvalue weighted by Crippen LogP contribution is -2.39. The molecule has 1 saturated carbocycles. The third kappa shape index (κ3) is 5.00. The minimum absolute atomic E-state index is 0.0410. The predicted octanol–water partition coefficient (Wildman–Crippen LogP) is 3.60. The fourth-order valence-electron chi connectivity index (χ4n) is 3.89. The van der Waals surface area contributed by atoms with Crippen molar-refractivity contribution in [2.45, 2.75) is 44.6 Å². The van der Waals surface area contributed by atoms with Crippen molar-refractivity contribution in [2.24, 2.45) is 5.92 Å². The van der Waals surface area contributed by atoms with Crippen LogP contribution < -0.4 is 5.32 Å². The molecule has 146 valence electrons. The normalized spacial score (nSPS) is 17.4. The summed E-state index contributed by atoms with van der Waals surface area (Å²) in [5, 5.41) is 3.03. The first-order chi connectivity index (χ1) is 13.7. The molecule has 4 rings (SSSR count). The highest BCUT2D eigenvalue weighted by Gasteiger charge is 2.24. The van der Waals surface area contributed by atoms with Gasteiger partial charge in [-0.05, 0) is 61.3 Å². The Kier molecular flexibility index (Phi) is 5.75. The third-order valence-corrected chi connectivity index (χ3v) is 5.82. The van der Waals surface area contributed by atoms with Gasteiger partial charge in [-0.15, -0.1) is 0 Å². The Balaban J connectivity index is 1.23. The zero-order valence-corrected chi connectivity index (χ0v) is 16.3. The minimum Gasteiger partial charge on any atom is -0.349 e. The summed E-state index contributed by atoms with van der Waals surface area (Å²) in [6, 6.07) is 18.4. The summed E-state index contributed by atoms with van der Waals surface area (Å²) in [7, 11) is 0. The van der Waals surface area contributed by atoms with Crippen LogP contribution in [0, 0.1) is 5.92 Å². The second-order valence-electron chi connectivity index (χ2n) is 8.14. The van der Waals surface area contributed by atoms with Gasteiger partial charge in [0.2, 0.25) is 5.91 Å². The summed E-state index contributed by atoms with van der Waals surface area (Å²) < 4.78 is 0. The van der Waals surface area contributed by atoms with Crippen molar-refractivity contribution in [2.75, 3.05) is 13.1 Å². The fourth-order valence-corrected chi connectivity index (χ4v) is 3.89. The van der Waals surface area contributed by atoms with E-state index in [0.29, 0.717) is 18.4 Å². The number of likely N-dealkylation sites (tertiary alicyclic amines) is 1. The number of hydrogen-bond acceptors (Lipinski definition) is 2. The van der Waals surface area contributed by atoms with E-state index >= 15 is 0 Å². The molecule has 0 unspecified atom stereocenters. The molecule has 2 aromatic rings. The van der Waals surface area contributed by atoms with Crippen LogP contribution in [0.15, 0.2) is 54.6 Å². The number of piperidine rings is 1. The van der Waals surface area contributed by atoms with Crippen molar-refractivity contribution >= 4 is 11.8 Å². The second-order valence-corrected chi connectivity index (χ2v) is 8.14. The largest absolute Gasteiger partial charge is 0.349 e. The van der Waals surface area contributed by atoms with E-state index in [-0.39, 0.29) is 11.8 Å². The van der Waals surface area contributed by atoms with Crippen LogP contribution in [0.25, 0.3) is 0 Å². The van der Waals surface area contributed by atoms with E-state index in [1.165, 1.54) is 5.56 Å². The summed E-state index contributed by atoms with van der Waals surface area (Å²) in [5.74, 6) is 0.877. The van der Waals surface area contributed by atoms with Gasteiger partial charge in [-0.3, -0.25) is 9.59 Å². The number of carbonyl (C=O) groups excluding carboxylic acids is 2. The van der Waals surface area contributed by atoms with Crippen molar-refractivity contribution in [3.63, 3.8) is 0 Å². The second kappa shape index (κ2) is 8.59. The number of carbonyl (C=O) groups is 2. The lowest BCUT2D eigenvalue weighted by Gasteiger charge is -2.32. The zero-order chi connectivity index (χ0) is 19.3. The molecule has 2 aliphatic rings. The molecule has 0 aromatic heterocycles. The Morgan fingerprint density at radius 2 is 1.54 bits per heavy atom. The first kappa shape index (κ1) is 18.7. The van der Waals surface area contributed by atoms with Crippen molar-refractivity contribution in [3.8, 4) is 0 Å². The highest BCUT2D eigenvalue weighted by atomic mass is 16.2. The van der Waals surface area contributed by atoms with Gasteiger partial charge in [0, 0.05) is 24.7 Å². The SMILES string of the molecule is O=C(NC1CC1)c1ccc(CC2CCN(C(=O)Cc3ccccc3)CC2)cc1. The average molecular weight is 377 g/mol. The van der Waals surface area contributed by atoms with E-state index in [0.717, 1.165) is 56.3 Å². The Morgan fingerprint density at radius 1 is 0.857 bits per heavy atom. The van der Waals surface area contributed by atoms with Crippen LogP contribution in [0.4, 0.5) is 0 Å². The van der Waals surface area contributed by atoms with Crippen LogP contribution in [0.3, 0.4) is 0 Å². The van der Waals surface area contributed by atoms with Gasteiger partial charge >= 0.3 is 0 Å². The summed E-state index contributed by atoms with van der Waals surface area (Å²) in [6.45, 7) is 1.69. The molecule has 1 aliphatic heterocycles. The summed E-state index contributed by atoms with van der Waals surface area (Å²) in [5.41, 5.74) is 3.11. The summed E-state index contributed by atoms with van der Waals surface area (Å²) >= 11 is 0. The highest BCUT2D eigenvalue weighted by molar-refractivity contribution is 5.94. The van der Waals surface area contributed by atoms with Crippen LogP contribution in [-0.2, 0) is 17.6 Å². The van der Waals surface area contributed by atoms with E-state index in [1.54, 1.807) is 0 Å². The number of nitrogens with zero attached hydrogens (tertiary/aromatic N) is 1. The molecule has 2 amide bonds. The van der Waals surface area contributed by atoms with Gasteiger partial charge in [0.25, 0.3) is 5.91 Å². The van der Waals surface area contributed by atoms with E-state index < -0.39 is 0 Å². The monoisotopic (exact) mass is 376 g/mol. The molecular formula is C24H28N2O2.